The number of ether oxygens (including phenoxy) is 2. The summed E-state index contributed by atoms with van der Waals surface area (Å²) in [6, 6.07) is 4.71. The minimum Gasteiger partial charge on any atom is -0.486 e. The molecule has 0 aromatic heterocycles. The highest BCUT2D eigenvalue weighted by molar-refractivity contribution is 6.32. The zero-order valence-electron chi connectivity index (χ0n) is 11.8. The molecule has 0 atom stereocenters. The van der Waals surface area contributed by atoms with Crippen molar-refractivity contribution in [3.05, 3.63) is 22.7 Å². The molecule has 0 unspecified atom stereocenters. The average Bonchev–Trinajstić information content (AvgIpc) is 2.37. The standard InChI is InChI=1S/C15H21ClN2O2/c1-2-3-18(12-8-17-9-12)10-11-6-13(16)15-14(7-11)19-4-5-20-15/h6-7,12,17H,2-5,8-10H2,1H3. The third-order valence-electron chi connectivity index (χ3n) is 3.83. The Kier molecular flexibility index (Phi) is 4.34. The fourth-order valence-electron chi connectivity index (χ4n) is 2.70. The molecule has 0 saturated carbocycles. The van der Waals surface area contributed by atoms with E-state index in [-0.39, 0.29) is 0 Å². The van der Waals surface area contributed by atoms with Gasteiger partial charge in [0.25, 0.3) is 0 Å². The van der Waals surface area contributed by atoms with Crippen LogP contribution in [0.4, 0.5) is 0 Å². The molecular weight excluding hydrogens is 276 g/mol. The van der Waals surface area contributed by atoms with E-state index in [9.17, 15) is 0 Å². The van der Waals surface area contributed by atoms with Crippen molar-refractivity contribution < 1.29 is 9.47 Å². The minimum absolute atomic E-state index is 0.571. The van der Waals surface area contributed by atoms with Crippen molar-refractivity contribution in [1.82, 2.24) is 10.2 Å². The maximum absolute atomic E-state index is 6.30. The van der Waals surface area contributed by atoms with Crippen molar-refractivity contribution in [3.8, 4) is 11.5 Å². The topological polar surface area (TPSA) is 33.7 Å². The molecule has 2 heterocycles. The largest absolute Gasteiger partial charge is 0.486 e. The Labute approximate surface area is 125 Å². The van der Waals surface area contributed by atoms with E-state index in [1.165, 1.54) is 5.56 Å². The number of fused-ring (bicyclic) bond motifs is 1. The molecule has 0 radical (unpaired) electrons. The number of hydrogen-bond acceptors (Lipinski definition) is 4. The Bertz CT molecular complexity index is 477. The summed E-state index contributed by atoms with van der Waals surface area (Å²) >= 11 is 6.30. The van der Waals surface area contributed by atoms with Crippen molar-refractivity contribution in [2.45, 2.75) is 25.9 Å². The van der Waals surface area contributed by atoms with Crippen LogP contribution in [0.5, 0.6) is 11.5 Å². The second-order valence-electron chi connectivity index (χ2n) is 5.38. The molecule has 4 nitrogen and oxygen atoms in total. The number of hydrogen-bond donors (Lipinski definition) is 1. The lowest BCUT2D eigenvalue weighted by atomic mass is 10.1. The molecule has 1 fully saturated rings. The summed E-state index contributed by atoms with van der Waals surface area (Å²) in [6.07, 6.45) is 1.16. The number of halogens is 1. The van der Waals surface area contributed by atoms with Crippen molar-refractivity contribution in [1.29, 1.82) is 0 Å². The van der Waals surface area contributed by atoms with Crippen LogP contribution in [0.3, 0.4) is 0 Å². The maximum atomic E-state index is 6.30. The highest BCUT2D eigenvalue weighted by Gasteiger charge is 2.25. The smallest absolute Gasteiger partial charge is 0.179 e. The van der Waals surface area contributed by atoms with Crippen LogP contribution >= 0.6 is 11.6 Å². The van der Waals surface area contributed by atoms with Crippen molar-refractivity contribution in [3.63, 3.8) is 0 Å². The Morgan fingerprint density at radius 2 is 2.10 bits per heavy atom. The van der Waals surface area contributed by atoms with Gasteiger partial charge in [-0.1, -0.05) is 18.5 Å². The first-order chi connectivity index (χ1) is 9.78. The van der Waals surface area contributed by atoms with E-state index in [1.807, 2.05) is 6.07 Å². The second kappa shape index (κ2) is 6.20. The molecule has 3 rings (SSSR count). The van der Waals surface area contributed by atoms with Crippen LogP contribution in [0, 0.1) is 0 Å². The van der Waals surface area contributed by atoms with Gasteiger partial charge in [0.05, 0.1) is 5.02 Å². The molecule has 5 heteroatoms. The van der Waals surface area contributed by atoms with Gasteiger partial charge in [-0.2, -0.15) is 0 Å². The molecule has 1 aromatic rings. The monoisotopic (exact) mass is 296 g/mol. The zero-order valence-corrected chi connectivity index (χ0v) is 12.6. The molecule has 1 aromatic carbocycles. The van der Waals surface area contributed by atoms with E-state index in [4.69, 9.17) is 21.1 Å². The van der Waals surface area contributed by atoms with E-state index < -0.39 is 0 Å². The van der Waals surface area contributed by atoms with E-state index in [0.717, 1.165) is 38.3 Å². The summed E-state index contributed by atoms with van der Waals surface area (Å²) in [4.78, 5) is 2.51. The van der Waals surface area contributed by atoms with Gasteiger partial charge in [-0.3, -0.25) is 4.90 Å². The molecule has 0 amide bonds. The molecule has 0 spiro atoms. The van der Waals surface area contributed by atoms with Crippen molar-refractivity contribution in [2.24, 2.45) is 0 Å². The number of benzene rings is 1. The molecule has 2 aliphatic heterocycles. The van der Waals surface area contributed by atoms with Crippen LogP contribution in [0.2, 0.25) is 5.02 Å². The number of nitrogens with one attached hydrogen (secondary N) is 1. The van der Waals surface area contributed by atoms with Gasteiger partial charge in [0.1, 0.15) is 13.2 Å². The fourth-order valence-corrected chi connectivity index (χ4v) is 2.99. The van der Waals surface area contributed by atoms with Gasteiger partial charge in [0.15, 0.2) is 11.5 Å². The lowest BCUT2D eigenvalue weighted by molar-refractivity contribution is 0.137. The summed E-state index contributed by atoms with van der Waals surface area (Å²) in [7, 11) is 0. The predicted molar refractivity (Wildman–Crippen MR) is 79.8 cm³/mol. The summed E-state index contributed by atoms with van der Waals surface area (Å²) in [5.74, 6) is 1.47. The summed E-state index contributed by atoms with van der Waals surface area (Å²) in [5.41, 5.74) is 1.19. The molecule has 1 N–H and O–H groups in total. The van der Waals surface area contributed by atoms with Gasteiger partial charge in [-0.05, 0) is 30.7 Å². The highest BCUT2D eigenvalue weighted by atomic mass is 35.5. The molecule has 2 aliphatic rings. The third-order valence-corrected chi connectivity index (χ3v) is 4.11. The van der Waals surface area contributed by atoms with Crippen LogP contribution in [0.1, 0.15) is 18.9 Å². The fraction of sp³-hybridized carbons (Fsp3) is 0.600. The Morgan fingerprint density at radius 1 is 1.30 bits per heavy atom. The third kappa shape index (κ3) is 2.87. The number of nitrogens with zero attached hydrogens (tertiary/aromatic N) is 1. The van der Waals surface area contributed by atoms with Crippen LogP contribution in [-0.4, -0.2) is 43.8 Å². The van der Waals surface area contributed by atoms with Crippen molar-refractivity contribution >= 4 is 11.6 Å². The molecule has 0 bridgehead atoms. The minimum atomic E-state index is 0.571. The van der Waals surface area contributed by atoms with Crippen LogP contribution in [0.15, 0.2) is 12.1 Å². The van der Waals surface area contributed by atoms with Crippen LogP contribution < -0.4 is 14.8 Å². The molecule has 110 valence electrons. The lowest BCUT2D eigenvalue weighted by Crippen LogP contribution is -2.56. The lowest BCUT2D eigenvalue weighted by Gasteiger charge is -2.38. The summed E-state index contributed by atoms with van der Waals surface area (Å²) in [5, 5.41) is 3.99. The van der Waals surface area contributed by atoms with Crippen molar-refractivity contribution in [2.75, 3.05) is 32.8 Å². The summed E-state index contributed by atoms with van der Waals surface area (Å²) < 4.78 is 11.2. The van der Waals surface area contributed by atoms with E-state index >= 15 is 0 Å². The van der Waals surface area contributed by atoms with Gasteiger partial charge in [-0.25, -0.2) is 0 Å². The van der Waals surface area contributed by atoms with Gasteiger partial charge in [0.2, 0.25) is 0 Å². The van der Waals surface area contributed by atoms with Gasteiger partial charge in [-0.15, -0.1) is 0 Å². The first-order valence-corrected chi connectivity index (χ1v) is 7.68. The Hall–Kier alpha value is -0.970. The van der Waals surface area contributed by atoms with Crippen LogP contribution in [-0.2, 0) is 6.54 Å². The SMILES string of the molecule is CCCN(Cc1cc(Cl)c2c(c1)OCCO2)C1CNC1. The average molecular weight is 297 g/mol. The molecular formula is C15H21ClN2O2. The van der Waals surface area contributed by atoms with E-state index in [0.29, 0.717) is 30.0 Å². The van der Waals surface area contributed by atoms with Gasteiger partial charge >= 0.3 is 0 Å². The molecule has 0 aliphatic carbocycles. The van der Waals surface area contributed by atoms with E-state index in [2.05, 4.69) is 23.2 Å². The van der Waals surface area contributed by atoms with E-state index in [1.54, 1.807) is 0 Å². The first-order valence-electron chi connectivity index (χ1n) is 7.30. The predicted octanol–water partition coefficient (Wildman–Crippen LogP) is 2.29. The Balaban J connectivity index is 1.77. The zero-order chi connectivity index (χ0) is 13.9. The summed E-state index contributed by atoms with van der Waals surface area (Å²) in [6.45, 7) is 7.57. The molecule has 1 saturated heterocycles. The molecule has 20 heavy (non-hydrogen) atoms. The van der Waals surface area contributed by atoms with Gasteiger partial charge < -0.3 is 14.8 Å². The van der Waals surface area contributed by atoms with Crippen LogP contribution in [0.25, 0.3) is 0 Å². The highest BCUT2D eigenvalue weighted by Crippen LogP contribution is 2.38. The second-order valence-corrected chi connectivity index (χ2v) is 5.79. The quantitative estimate of drug-likeness (QED) is 0.904. The maximum Gasteiger partial charge on any atom is 0.179 e. The Morgan fingerprint density at radius 3 is 2.80 bits per heavy atom. The first kappa shape index (κ1) is 14.0. The van der Waals surface area contributed by atoms with Gasteiger partial charge in [0, 0.05) is 25.7 Å². The normalized spacial score (nSPS) is 18.1. The number of rotatable bonds is 5.